The van der Waals surface area contributed by atoms with Crippen LogP contribution in [0.5, 0.6) is 0 Å². The smallest absolute Gasteiger partial charge is 0.328 e. The van der Waals surface area contributed by atoms with Crippen molar-refractivity contribution in [3.05, 3.63) is 12.2 Å². The normalized spacial score (nSPS) is 17.6. The Morgan fingerprint density at radius 2 is 1.33 bits per heavy atom. The lowest BCUT2D eigenvalue weighted by atomic mass is 10.5. The number of nitrogens with zero attached hydrogens (tertiary/aromatic N) is 2. The van der Waals surface area contributed by atoms with Crippen LogP contribution in [-0.4, -0.2) is 35.1 Å². The van der Waals surface area contributed by atoms with E-state index in [4.69, 9.17) is 31.7 Å². The highest BCUT2D eigenvalue weighted by Crippen LogP contribution is 1.70. The van der Waals surface area contributed by atoms with Crippen molar-refractivity contribution in [3.63, 3.8) is 0 Å². The lowest BCUT2D eigenvalue weighted by Gasteiger charge is -1.74. The summed E-state index contributed by atoms with van der Waals surface area (Å²) in [4.78, 5) is 19.1. The van der Waals surface area contributed by atoms with E-state index in [1.807, 2.05) is 0 Å². The van der Waals surface area contributed by atoms with Crippen molar-refractivity contribution in [1.29, 1.82) is 10.5 Å². The minimum atomic E-state index is -2.60. The van der Waals surface area contributed by atoms with Gasteiger partial charge < -0.3 is 21.7 Å². The summed E-state index contributed by atoms with van der Waals surface area (Å²) in [6.45, 7) is -5.16. The molecule has 0 heterocycles. The molecular weight excluding hydrogens is 240 g/mol. The number of carbonyl (C=O) groups is 2. The van der Waals surface area contributed by atoms with Gasteiger partial charge in [0, 0.05) is 48.9 Å². The second-order valence-corrected chi connectivity index (χ2v) is 1.77. The summed E-state index contributed by atoms with van der Waals surface area (Å²) < 4.78 is 52.9. The Labute approximate surface area is 116 Å². The molecule has 0 bridgehead atoms. The van der Waals surface area contributed by atoms with Gasteiger partial charge in [-0.2, -0.15) is 10.5 Å². The van der Waals surface area contributed by atoms with Crippen LogP contribution in [0.1, 0.15) is 23.7 Å². The molecule has 0 amide bonds. The van der Waals surface area contributed by atoms with Crippen molar-refractivity contribution in [1.82, 2.24) is 0 Å². The van der Waals surface area contributed by atoms with Gasteiger partial charge in [0.25, 0.3) is 0 Å². The first-order chi connectivity index (χ1) is 11.2. The first-order valence-electron chi connectivity index (χ1n) is 7.79. The molecule has 0 fully saturated rings. The molecule has 0 aromatic heterocycles. The largest absolute Gasteiger partial charge is 0.478 e. The van der Waals surface area contributed by atoms with E-state index in [2.05, 4.69) is 11.5 Å². The molecule has 100 valence electrons. The molecular formula is C10H16N4O4. The van der Waals surface area contributed by atoms with Crippen LogP contribution in [0.15, 0.2) is 12.2 Å². The summed E-state index contributed by atoms with van der Waals surface area (Å²) in [6, 6.07) is 2.23. The molecule has 8 nitrogen and oxygen atoms in total. The van der Waals surface area contributed by atoms with Crippen LogP contribution < -0.4 is 11.5 Å². The number of carboxylic acids is 2. The summed E-state index contributed by atoms with van der Waals surface area (Å²) in [7, 11) is 0. The fraction of sp³-hybridized carbons (Fsp3) is 0.400. The summed E-state index contributed by atoms with van der Waals surface area (Å²) in [6.07, 6.45) is -4.09. The topological polar surface area (TPSA) is 174 Å². The number of rotatable bonds is 4. The summed E-state index contributed by atoms with van der Waals surface area (Å²) in [5.41, 5.74) is 9.32. The van der Waals surface area contributed by atoms with Crippen LogP contribution in [0.2, 0.25) is 0 Å². The van der Waals surface area contributed by atoms with Crippen LogP contribution in [0.25, 0.3) is 0 Å². The number of hydrogen-bond donors (Lipinski definition) is 4. The zero-order valence-corrected chi connectivity index (χ0v) is 8.91. The molecule has 0 radical (unpaired) electrons. The molecule has 0 rings (SSSR count). The summed E-state index contributed by atoms with van der Waals surface area (Å²) in [5, 5.41) is 31.6. The predicted molar refractivity (Wildman–Crippen MR) is 63.0 cm³/mol. The molecule has 0 aliphatic heterocycles. The van der Waals surface area contributed by atoms with Crippen molar-refractivity contribution < 1.29 is 30.8 Å². The van der Waals surface area contributed by atoms with Gasteiger partial charge in [0.15, 0.2) is 0 Å². The molecule has 0 aliphatic rings. The highest BCUT2D eigenvalue weighted by Gasteiger charge is 1.88. The van der Waals surface area contributed by atoms with Gasteiger partial charge in [0.05, 0.1) is 12.1 Å². The molecule has 6 N–H and O–H groups in total. The number of hydrogen-bond acceptors (Lipinski definition) is 6. The van der Waals surface area contributed by atoms with Crippen LogP contribution in [0.4, 0.5) is 0 Å². The maximum absolute atomic E-state index is 9.55. The molecule has 0 saturated carbocycles. The highest BCUT2D eigenvalue weighted by atomic mass is 16.4. The first-order valence-corrected chi connectivity index (χ1v) is 3.79. The van der Waals surface area contributed by atoms with Gasteiger partial charge in [-0.3, -0.25) is 0 Å². The Kier molecular flexibility index (Phi) is 8.71. The summed E-state index contributed by atoms with van der Waals surface area (Å²) >= 11 is 0. The van der Waals surface area contributed by atoms with Crippen LogP contribution in [-0.2, 0) is 9.59 Å². The van der Waals surface area contributed by atoms with Crippen LogP contribution >= 0.6 is 0 Å². The van der Waals surface area contributed by atoms with E-state index in [1.54, 1.807) is 0 Å². The molecule has 0 saturated heterocycles. The lowest BCUT2D eigenvalue weighted by Crippen LogP contribution is -1.94. The first kappa shape index (κ1) is 7.82. The van der Waals surface area contributed by atoms with E-state index < -0.39 is 37.7 Å². The van der Waals surface area contributed by atoms with Gasteiger partial charge in [-0.05, 0) is 0 Å². The fourth-order valence-electron chi connectivity index (χ4n) is 0.207. The average Bonchev–Trinajstić information content (AvgIpc) is 2.44. The fourth-order valence-corrected chi connectivity index (χ4v) is 0.207. The summed E-state index contributed by atoms with van der Waals surface area (Å²) in [5.74, 6) is -2.51. The third-order valence-electron chi connectivity index (χ3n) is 0.625. The second-order valence-electron chi connectivity index (χ2n) is 1.77. The molecule has 0 aromatic rings. The lowest BCUT2D eigenvalue weighted by molar-refractivity contribution is -0.134. The molecule has 0 aliphatic carbocycles. The van der Waals surface area contributed by atoms with Crippen LogP contribution in [0, 0.1) is 22.7 Å². The number of aliphatic carboxylic acids is 2. The zero-order valence-electron chi connectivity index (χ0n) is 16.9. The van der Waals surface area contributed by atoms with E-state index in [1.165, 1.54) is 0 Å². The third kappa shape index (κ3) is 49.6. The van der Waals surface area contributed by atoms with E-state index >= 15 is 0 Å². The molecule has 0 unspecified atom stereocenters. The molecule has 8 heteroatoms. The van der Waals surface area contributed by atoms with Gasteiger partial charge in [0.2, 0.25) is 0 Å². The monoisotopic (exact) mass is 264 g/mol. The molecule has 0 aromatic carbocycles. The van der Waals surface area contributed by atoms with Gasteiger partial charge in [-0.1, -0.05) is 0 Å². The Hall–Kier alpha value is -2.42. The van der Waals surface area contributed by atoms with Crippen molar-refractivity contribution in [2.24, 2.45) is 11.5 Å². The maximum Gasteiger partial charge on any atom is 0.328 e. The third-order valence-corrected chi connectivity index (χ3v) is 0.625. The van der Waals surface area contributed by atoms with E-state index in [-0.39, 0.29) is 0 Å². The quantitative estimate of drug-likeness (QED) is 0.488. The average molecular weight is 264 g/mol. The Bertz CT molecular complexity index is 546. The van der Waals surface area contributed by atoms with Crippen molar-refractivity contribution >= 4 is 11.9 Å². The Morgan fingerprint density at radius 3 is 1.39 bits per heavy atom. The van der Waals surface area contributed by atoms with E-state index in [0.29, 0.717) is 12.2 Å². The van der Waals surface area contributed by atoms with Gasteiger partial charge in [-0.25, -0.2) is 9.59 Å². The Balaban J connectivity index is -0.000000306. The van der Waals surface area contributed by atoms with Crippen molar-refractivity contribution in [2.45, 2.75) is 12.7 Å². The predicted octanol–water partition coefficient (Wildman–Crippen LogP) is -0.571. The minimum Gasteiger partial charge on any atom is -0.478 e. The van der Waals surface area contributed by atoms with Gasteiger partial charge in [0.1, 0.15) is 0 Å². The van der Waals surface area contributed by atoms with E-state index in [9.17, 15) is 9.59 Å². The SMILES string of the molecule is O=C(O)/C=C/C(=O)O.[2H]C([2H])(N)C([2H])([2H])C#N.[2H]C([2H])(N)C([2H])([2H])C#N. The minimum absolute atomic E-state index is 0.558. The number of nitriles is 2. The highest BCUT2D eigenvalue weighted by molar-refractivity contribution is 5.89. The maximum atomic E-state index is 9.55. The Morgan fingerprint density at radius 1 is 1.06 bits per heavy atom. The number of nitrogens with two attached hydrogens (primary N) is 2. The number of carboxylic acid groups (broad SMARTS) is 2. The molecule has 0 atom stereocenters. The van der Waals surface area contributed by atoms with Crippen molar-refractivity contribution in [2.75, 3.05) is 13.0 Å². The van der Waals surface area contributed by atoms with E-state index in [0.717, 1.165) is 12.1 Å². The zero-order chi connectivity index (χ0) is 22.0. The van der Waals surface area contributed by atoms with Crippen molar-refractivity contribution in [3.8, 4) is 12.1 Å². The second kappa shape index (κ2) is 20.1. The molecule has 0 spiro atoms. The molecule has 18 heavy (non-hydrogen) atoms. The van der Waals surface area contributed by atoms with Crippen LogP contribution in [0.3, 0.4) is 0 Å². The van der Waals surface area contributed by atoms with Gasteiger partial charge in [-0.15, -0.1) is 0 Å². The standard InChI is InChI=1S/C4H4O4.2C3H6N2/c5-3(6)1-2-4(7)8;2*4-2-1-3-5/h1-2H,(H,5,6)(H,7,8);2*1-2,4H2/b2-1+;;/i;2*1D2,2D2. The van der Waals surface area contributed by atoms with Gasteiger partial charge >= 0.3 is 11.9 Å².